The Kier molecular flexibility index (Phi) is 6.01. The number of carbonyl (C=O) groups excluding carboxylic acids is 1. The summed E-state index contributed by atoms with van der Waals surface area (Å²) in [5.74, 6) is -0.913. The van der Waals surface area contributed by atoms with Crippen molar-refractivity contribution in [2.45, 2.75) is 31.3 Å². The molecule has 2 aliphatic rings. The van der Waals surface area contributed by atoms with Gasteiger partial charge in [0.15, 0.2) is 11.5 Å². The molecule has 9 nitrogen and oxygen atoms in total. The van der Waals surface area contributed by atoms with Crippen LogP contribution in [0.2, 0.25) is 0 Å². The van der Waals surface area contributed by atoms with Crippen LogP contribution in [0.4, 0.5) is 10.1 Å². The van der Waals surface area contributed by atoms with Crippen molar-refractivity contribution in [2.75, 3.05) is 38.2 Å². The minimum absolute atomic E-state index is 0.0359. The van der Waals surface area contributed by atoms with Crippen LogP contribution < -0.4 is 15.8 Å². The number of hydrogen-bond donors (Lipinski definition) is 3. The van der Waals surface area contributed by atoms with Gasteiger partial charge in [-0.2, -0.15) is 0 Å². The van der Waals surface area contributed by atoms with Crippen LogP contribution in [0.25, 0.3) is 11.0 Å². The van der Waals surface area contributed by atoms with Crippen LogP contribution in [0.3, 0.4) is 0 Å². The van der Waals surface area contributed by atoms with E-state index in [1.807, 2.05) is 23.2 Å². The molecule has 10 heteroatoms. The SMILES string of the molecule is CNC(=O)c1ncc(N2CCN(Cc3cnc4cc(C5CC5)c(=O)[nH]c4c3)CC2CO)cc1F. The Morgan fingerprint density at radius 3 is 2.76 bits per heavy atom. The van der Waals surface area contributed by atoms with E-state index in [9.17, 15) is 19.1 Å². The summed E-state index contributed by atoms with van der Waals surface area (Å²) in [5.41, 5.74) is 3.54. The molecule has 1 amide bonds. The number of nitrogens with zero attached hydrogens (tertiary/aromatic N) is 4. The summed E-state index contributed by atoms with van der Waals surface area (Å²) in [7, 11) is 1.42. The third-order valence-corrected chi connectivity index (χ3v) is 6.58. The highest BCUT2D eigenvalue weighted by atomic mass is 19.1. The van der Waals surface area contributed by atoms with Crippen LogP contribution in [0.15, 0.2) is 35.4 Å². The second-order valence-corrected chi connectivity index (χ2v) is 8.97. The van der Waals surface area contributed by atoms with E-state index < -0.39 is 11.7 Å². The van der Waals surface area contributed by atoms with E-state index in [0.29, 0.717) is 37.8 Å². The molecule has 0 aromatic carbocycles. The van der Waals surface area contributed by atoms with E-state index in [-0.39, 0.29) is 23.9 Å². The topological polar surface area (TPSA) is 114 Å². The van der Waals surface area contributed by atoms with Gasteiger partial charge in [0, 0.05) is 51.1 Å². The maximum absolute atomic E-state index is 14.4. The summed E-state index contributed by atoms with van der Waals surface area (Å²) in [6.07, 6.45) is 5.41. The lowest BCUT2D eigenvalue weighted by Gasteiger charge is -2.42. The Morgan fingerprint density at radius 1 is 1.24 bits per heavy atom. The molecule has 0 bridgehead atoms. The number of piperazine rings is 1. The number of pyridine rings is 3. The molecule has 178 valence electrons. The van der Waals surface area contributed by atoms with Crippen LogP contribution in [-0.2, 0) is 6.54 Å². The molecule has 0 radical (unpaired) electrons. The quantitative estimate of drug-likeness (QED) is 0.503. The summed E-state index contributed by atoms with van der Waals surface area (Å²) in [5, 5.41) is 12.4. The molecule has 1 saturated carbocycles. The number of fused-ring (bicyclic) bond motifs is 1. The summed E-state index contributed by atoms with van der Waals surface area (Å²) in [6, 6.07) is 4.89. The number of H-pyrrole nitrogens is 1. The summed E-state index contributed by atoms with van der Waals surface area (Å²) in [6.45, 7) is 2.31. The third-order valence-electron chi connectivity index (χ3n) is 6.58. The molecule has 5 rings (SSSR count). The zero-order valence-electron chi connectivity index (χ0n) is 18.9. The van der Waals surface area contributed by atoms with E-state index in [4.69, 9.17) is 0 Å². The van der Waals surface area contributed by atoms with Crippen molar-refractivity contribution in [1.29, 1.82) is 0 Å². The fourth-order valence-corrected chi connectivity index (χ4v) is 4.61. The number of hydrogen-bond acceptors (Lipinski definition) is 7. The minimum atomic E-state index is -0.697. The van der Waals surface area contributed by atoms with E-state index in [1.165, 1.54) is 19.3 Å². The van der Waals surface area contributed by atoms with Crippen LogP contribution >= 0.6 is 0 Å². The number of halogens is 1. The van der Waals surface area contributed by atoms with E-state index in [1.54, 1.807) is 0 Å². The molecule has 34 heavy (non-hydrogen) atoms. The first-order chi connectivity index (χ1) is 16.5. The Balaban J connectivity index is 1.29. The Hall–Kier alpha value is -3.37. The fraction of sp³-hybridized carbons (Fsp3) is 0.417. The van der Waals surface area contributed by atoms with Crippen molar-refractivity contribution < 1.29 is 14.3 Å². The van der Waals surface area contributed by atoms with Crippen LogP contribution in [0.1, 0.15) is 40.4 Å². The molecule has 4 heterocycles. The van der Waals surface area contributed by atoms with Crippen molar-refractivity contribution >= 4 is 22.6 Å². The number of aliphatic hydroxyl groups is 1. The van der Waals surface area contributed by atoms with Gasteiger partial charge in [0.05, 0.1) is 35.6 Å². The molecule has 3 aromatic heterocycles. The molecule has 3 aromatic rings. The second kappa shape index (κ2) is 9.11. The lowest BCUT2D eigenvalue weighted by atomic mass is 10.1. The molecule has 1 aliphatic carbocycles. The largest absolute Gasteiger partial charge is 0.394 e. The number of anilines is 1. The van der Waals surface area contributed by atoms with Crippen molar-refractivity contribution in [3.63, 3.8) is 0 Å². The highest BCUT2D eigenvalue weighted by Gasteiger charge is 2.29. The van der Waals surface area contributed by atoms with Crippen molar-refractivity contribution in [3.8, 4) is 0 Å². The third kappa shape index (κ3) is 4.38. The van der Waals surface area contributed by atoms with Gasteiger partial charge in [0.25, 0.3) is 11.5 Å². The van der Waals surface area contributed by atoms with Gasteiger partial charge in [0.1, 0.15) is 0 Å². The molecular formula is C24H27FN6O3. The van der Waals surface area contributed by atoms with E-state index >= 15 is 0 Å². The summed E-state index contributed by atoms with van der Waals surface area (Å²) >= 11 is 0. The maximum Gasteiger partial charge on any atom is 0.272 e. The van der Waals surface area contributed by atoms with Gasteiger partial charge in [0.2, 0.25) is 0 Å². The highest BCUT2D eigenvalue weighted by Crippen LogP contribution is 2.38. The molecule has 3 N–H and O–H groups in total. The fourth-order valence-electron chi connectivity index (χ4n) is 4.61. The van der Waals surface area contributed by atoms with Gasteiger partial charge in [-0.15, -0.1) is 0 Å². The molecule has 2 fully saturated rings. The summed E-state index contributed by atoms with van der Waals surface area (Å²) in [4.78, 5) is 39.7. The normalized spacial score (nSPS) is 18.9. The molecule has 1 atom stereocenters. The Bertz CT molecular complexity index is 1290. The lowest BCUT2D eigenvalue weighted by molar-refractivity contribution is 0.0953. The van der Waals surface area contributed by atoms with Crippen LogP contribution in [-0.4, -0.2) is 70.2 Å². The van der Waals surface area contributed by atoms with Gasteiger partial charge < -0.3 is 20.3 Å². The molecule has 1 unspecified atom stereocenters. The van der Waals surface area contributed by atoms with Crippen LogP contribution in [0, 0.1) is 5.82 Å². The predicted molar refractivity (Wildman–Crippen MR) is 125 cm³/mol. The minimum Gasteiger partial charge on any atom is -0.394 e. The number of rotatable bonds is 6. The zero-order valence-corrected chi connectivity index (χ0v) is 18.9. The smallest absolute Gasteiger partial charge is 0.272 e. The average molecular weight is 467 g/mol. The van der Waals surface area contributed by atoms with E-state index in [0.717, 1.165) is 35.0 Å². The Labute approximate surface area is 195 Å². The van der Waals surface area contributed by atoms with Gasteiger partial charge in [-0.3, -0.25) is 19.5 Å². The van der Waals surface area contributed by atoms with Crippen molar-refractivity contribution in [1.82, 2.24) is 25.2 Å². The van der Waals surface area contributed by atoms with Crippen molar-refractivity contribution in [2.24, 2.45) is 0 Å². The molecule has 1 aliphatic heterocycles. The first-order valence-corrected chi connectivity index (χ1v) is 11.5. The number of carbonyl (C=O) groups is 1. The number of amides is 1. The lowest BCUT2D eigenvalue weighted by Crippen LogP contribution is -2.54. The predicted octanol–water partition coefficient (Wildman–Crippen LogP) is 1.38. The first kappa shape index (κ1) is 22.4. The highest BCUT2D eigenvalue weighted by molar-refractivity contribution is 5.92. The number of aliphatic hydroxyl groups excluding tert-OH is 1. The summed E-state index contributed by atoms with van der Waals surface area (Å²) < 4.78 is 14.4. The van der Waals surface area contributed by atoms with Gasteiger partial charge in [-0.1, -0.05) is 0 Å². The standard InChI is InChI=1S/C24H27FN6O3/c1-26-24(34)22-19(25)7-16(10-28-22)31-5-4-30(12-17(31)13-32)11-14-6-21-20(27-9-14)8-18(15-2-3-15)23(33)29-21/h6-10,15,17,32H,2-5,11-13H2,1H3,(H,26,34)(H,29,33). The number of aromatic nitrogens is 3. The molecule has 0 spiro atoms. The Morgan fingerprint density at radius 2 is 2.06 bits per heavy atom. The van der Waals surface area contributed by atoms with Crippen LogP contribution in [0.5, 0.6) is 0 Å². The molecular weight excluding hydrogens is 439 g/mol. The average Bonchev–Trinajstić information content (AvgIpc) is 3.68. The maximum atomic E-state index is 14.4. The van der Waals surface area contributed by atoms with Gasteiger partial charge >= 0.3 is 0 Å². The van der Waals surface area contributed by atoms with Gasteiger partial charge in [-0.05, 0) is 36.5 Å². The zero-order chi connectivity index (χ0) is 23.8. The van der Waals surface area contributed by atoms with Gasteiger partial charge in [-0.25, -0.2) is 9.37 Å². The number of aromatic amines is 1. The first-order valence-electron chi connectivity index (χ1n) is 11.5. The monoisotopic (exact) mass is 466 g/mol. The van der Waals surface area contributed by atoms with Crippen molar-refractivity contribution in [3.05, 3.63) is 63.6 Å². The number of nitrogens with one attached hydrogen (secondary N) is 2. The molecule has 1 saturated heterocycles. The van der Waals surface area contributed by atoms with E-state index in [2.05, 4.69) is 25.2 Å². The second-order valence-electron chi connectivity index (χ2n) is 8.97.